The average Bonchev–Trinajstić information content (AvgIpc) is 2.63. The number of aryl methyl sites for hydroxylation is 1. The molecule has 1 aromatic carbocycles. The average molecular weight is 295 g/mol. The minimum Gasteiger partial charge on any atom is -0.344 e. The van der Waals surface area contributed by atoms with Crippen LogP contribution in [0, 0.1) is 0 Å². The second-order valence-corrected chi connectivity index (χ2v) is 5.53. The van der Waals surface area contributed by atoms with Crippen LogP contribution in [-0.2, 0) is 13.1 Å². The van der Waals surface area contributed by atoms with Crippen LogP contribution in [0.15, 0.2) is 28.7 Å². The molecule has 0 radical (unpaired) electrons. The molecule has 2 nitrogen and oxygen atoms in total. The molecule has 1 N–H and O–H groups in total. The smallest absolute Gasteiger partial charge is 0.0494 e. The lowest BCUT2D eigenvalue weighted by molar-refractivity contribution is 0.564. The van der Waals surface area contributed by atoms with Crippen molar-refractivity contribution in [3.8, 4) is 0 Å². The van der Waals surface area contributed by atoms with Crippen LogP contribution in [0.3, 0.4) is 0 Å². The van der Waals surface area contributed by atoms with Crippen molar-refractivity contribution in [2.45, 2.75) is 39.9 Å². The molecule has 2 aromatic rings. The lowest BCUT2D eigenvalue weighted by Gasteiger charge is -2.11. The predicted octanol–water partition coefficient (Wildman–Crippen LogP) is 3.92. The molecule has 0 atom stereocenters. The fraction of sp³-hybridized carbons (Fsp3) is 0.429. The fourth-order valence-electron chi connectivity index (χ4n) is 2.11. The summed E-state index contributed by atoms with van der Waals surface area (Å²) in [6.45, 7) is 8.48. The summed E-state index contributed by atoms with van der Waals surface area (Å²) >= 11 is 3.54. The Morgan fingerprint density at radius 3 is 2.71 bits per heavy atom. The van der Waals surface area contributed by atoms with Crippen LogP contribution in [-0.4, -0.2) is 10.6 Å². The van der Waals surface area contributed by atoms with Crippen molar-refractivity contribution in [2.75, 3.05) is 0 Å². The van der Waals surface area contributed by atoms with Gasteiger partial charge in [-0.2, -0.15) is 0 Å². The maximum absolute atomic E-state index is 3.54. The molecule has 0 spiro atoms. The zero-order chi connectivity index (χ0) is 12.4. The molecule has 0 unspecified atom stereocenters. The second-order valence-electron chi connectivity index (χ2n) is 4.62. The van der Waals surface area contributed by atoms with Crippen LogP contribution in [0.5, 0.6) is 0 Å². The molecule has 0 saturated heterocycles. The minimum atomic E-state index is 0.519. The van der Waals surface area contributed by atoms with E-state index < -0.39 is 0 Å². The number of fused-ring (bicyclic) bond motifs is 1. The first-order valence-electron chi connectivity index (χ1n) is 6.13. The van der Waals surface area contributed by atoms with E-state index in [1.54, 1.807) is 0 Å². The van der Waals surface area contributed by atoms with Gasteiger partial charge in [0, 0.05) is 34.8 Å². The van der Waals surface area contributed by atoms with Gasteiger partial charge in [0.15, 0.2) is 0 Å². The second kappa shape index (κ2) is 5.23. The monoisotopic (exact) mass is 294 g/mol. The zero-order valence-corrected chi connectivity index (χ0v) is 12.2. The van der Waals surface area contributed by atoms with Gasteiger partial charge in [0.2, 0.25) is 0 Å². The van der Waals surface area contributed by atoms with E-state index in [4.69, 9.17) is 0 Å². The van der Waals surface area contributed by atoms with E-state index >= 15 is 0 Å². The van der Waals surface area contributed by atoms with Crippen LogP contribution in [0.1, 0.15) is 26.5 Å². The number of benzene rings is 1. The predicted molar refractivity (Wildman–Crippen MR) is 77.3 cm³/mol. The van der Waals surface area contributed by atoms with E-state index in [-0.39, 0.29) is 0 Å². The van der Waals surface area contributed by atoms with Crippen molar-refractivity contribution in [1.82, 2.24) is 9.88 Å². The Balaban J connectivity index is 2.41. The maximum atomic E-state index is 3.54. The van der Waals surface area contributed by atoms with Gasteiger partial charge in [-0.25, -0.2) is 0 Å². The van der Waals surface area contributed by atoms with E-state index in [1.807, 2.05) is 0 Å². The first-order chi connectivity index (χ1) is 8.11. The van der Waals surface area contributed by atoms with Crippen LogP contribution in [0.2, 0.25) is 0 Å². The lowest BCUT2D eigenvalue weighted by Crippen LogP contribution is -2.23. The van der Waals surface area contributed by atoms with Crippen LogP contribution >= 0.6 is 15.9 Å². The van der Waals surface area contributed by atoms with Crippen molar-refractivity contribution in [3.05, 3.63) is 34.4 Å². The van der Waals surface area contributed by atoms with Crippen molar-refractivity contribution in [1.29, 1.82) is 0 Å². The molecular formula is C14H19BrN2. The van der Waals surface area contributed by atoms with Crippen molar-refractivity contribution in [3.63, 3.8) is 0 Å². The van der Waals surface area contributed by atoms with Gasteiger partial charge in [0.25, 0.3) is 0 Å². The standard InChI is InChI=1S/C14H19BrN2/c1-4-17-13(9-16-10(2)3)7-11-5-6-12(15)8-14(11)17/h5-8,10,16H,4,9H2,1-3H3. The Morgan fingerprint density at radius 2 is 2.06 bits per heavy atom. The normalized spacial score (nSPS) is 11.6. The highest BCUT2D eigenvalue weighted by Crippen LogP contribution is 2.23. The summed E-state index contributed by atoms with van der Waals surface area (Å²) in [5, 5.41) is 4.79. The van der Waals surface area contributed by atoms with Gasteiger partial charge in [-0.15, -0.1) is 0 Å². The third-order valence-corrected chi connectivity index (χ3v) is 3.45. The molecule has 3 heteroatoms. The summed E-state index contributed by atoms with van der Waals surface area (Å²) < 4.78 is 3.51. The molecule has 0 bridgehead atoms. The first-order valence-corrected chi connectivity index (χ1v) is 6.92. The van der Waals surface area contributed by atoms with E-state index in [0.717, 1.165) is 17.6 Å². The number of nitrogens with zero attached hydrogens (tertiary/aromatic N) is 1. The van der Waals surface area contributed by atoms with Crippen molar-refractivity contribution < 1.29 is 0 Å². The SMILES string of the molecule is CCn1c(CNC(C)C)cc2ccc(Br)cc21. The molecule has 0 saturated carbocycles. The summed E-state index contributed by atoms with van der Waals surface area (Å²) in [7, 11) is 0. The Labute approximate surface area is 111 Å². The summed E-state index contributed by atoms with van der Waals surface area (Å²) in [6, 6.07) is 9.26. The third-order valence-electron chi connectivity index (χ3n) is 2.96. The van der Waals surface area contributed by atoms with Crippen molar-refractivity contribution >= 4 is 26.8 Å². The van der Waals surface area contributed by atoms with Gasteiger partial charge in [-0.1, -0.05) is 35.8 Å². The molecule has 0 aliphatic heterocycles. The first kappa shape index (κ1) is 12.7. The maximum Gasteiger partial charge on any atom is 0.0494 e. The van der Waals surface area contributed by atoms with Crippen LogP contribution in [0.4, 0.5) is 0 Å². The third kappa shape index (κ3) is 2.72. The topological polar surface area (TPSA) is 17.0 Å². The number of nitrogens with one attached hydrogen (secondary N) is 1. The van der Waals surface area contributed by atoms with Crippen LogP contribution in [0.25, 0.3) is 10.9 Å². The summed E-state index contributed by atoms with van der Waals surface area (Å²) in [5.41, 5.74) is 2.66. The summed E-state index contributed by atoms with van der Waals surface area (Å²) in [5.74, 6) is 0. The fourth-order valence-corrected chi connectivity index (χ4v) is 2.46. The molecule has 1 heterocycles. The van der Waals surface area contributed by atoms with Gasteiger partial charge in [0.05, 0.1) is 0 Å². The minimum absolute atomic E-state index is 0.519. The number of halogens is 1. The molecular weight excluding hydrogens is 276 g/mol. The summed E-state index contributed by atoms with van der Waals surface area (Å²) in [4.78, 5) is 0. The molecule has 0 aliphatic carbocycles. The van der Waals surface area contributed by atoms with Crippen molar-refractivity contribution in [2.24, 2.45) is 0 Å². The Kier molecular flexibility index (Phi) is 3.89. The van der Waals surface area contributed by atoms with E-state index in [2.05, 4.69) is 70.9 Å². The van der Waals surface area contributed by atoms with Gasteiger partial charge in [-0.05, 0) is 30.5 Å². The van der Waals surface area contributed by atoms with E-state index in [0.29, 0.717) is 6.04 Å². The molecule has 92 valence electrons. The largest absolute Gasteiger partial charge is 0.344 e. The van der Waals surface area contributed by atoms with E-state index in [9.17, 15) is 0 Å². The molecule has 0 fully saturated rings. The molecule has 17 heavy (non-hydrogen) atoms. The highest BCUT2D eigenvalue weighted by Gasteiger charge is 2.07. The van der Waals surface area contributed by atoms with Gasteiger partial charge < -0.3 is 9.88 Å². The Bertz CT molecular complexity index is 514. The zero-order valence-electron chi connectivity index (χ0n) is 10.6. The molecule has 0 amide bonds. The van der Waals surface area contributed by atoms with Crippen LogP contribution < -0.4 is 5.32 Å². The number of hydrogen-bond acceptors (Lipinski definition) is 1. The Morgan fingerprint density at radius 1 is 1.29 bits per heavy atom. The number of hydrogen-bond donors (Lipinski definition) is 1. The lowest BCUT2D eigenvalue weighted by atomic mass is 10.2. The number of aromatic nitrogens is 1. The molecule has 1 aromatic heterocycles. The summed E-state index contributed by atoms with van der Waals surface area (Å²) in [6.07, 6.45) is 0. The molecule has 2 rings (SSSR count). The van der Waals surface area contributed by atoms with E-state index in [1.165, 1.54) is 16.6 Å². The quantitative estimate of drug-likeness (QED) is 0.904. The highest BCUT2D eigenvalue weighted by atomic mass is 79.9. The van der Waals surface area contributed by atoms with Gasteiger partial charge in [0.1, 0.15) is 0 Å². The number of rotatable bonds is 4. The van der Waals surface area contributed by atoms with Gasteiger partial charge >= 0.3 is 0 Å². The Hall–Kier alpha value is -0.800. The highest BCUT2D eigenvalue weighted by molar-refractivity contribution is 9.10. The van der Waals surface area contributed by atoms with Gasteiger partial charge in [-0.3, -0.25) is 0 Å². The molecule has 0 aliphatic rings.